The van der Waals surface area contributed by atoms with Gasteiger partial charge < -0.3 is 4.74 Å². The van der Waals surface area contributed by atoms with Crippen molar-refractivity contribution >= 4 is 10.0 Å². The molecule has 10 heteroatoms. The number of halogens is 3. The van der Waals surface area contributed by atoms with Crippen LogP contribution in [0.5, 0.6) is 0 Å². The number of terminal acetylenes is 1. The molecule has 0 bridgehead atoms. The summed E-state index contributed by atoms with van der Waals surface area (Å²) in [6.45, 7) is 0.489. The monoisotopic (exact) mass is 437 g/mol. The summed E-state index contributed by atoms with van der Waals surface area (Å²) in [5.41, 5.74) is 3.43. The lowest BCUT2D eigenvalue weighted by molar-refractivity contribution is -0.185. The topological polar surface area (TPSA) is 70.7 Å². The van der Waals surface area contributed by atoms with Gasteiger partial charge in [0.2, 0.25) is 10.0 Å². The quantitative estimate of drug-likeness (QED) is 0.623. The number of alkyl halides is 3. The van der Waals surface area contributed by atoms with Crippen molar-refractivity contribution in [1.29, 1.82) is 0 Å². The Hall–Kier alpha value is -0.860. The predicted octanol–water partition coefficient (Wildman–Crippen LogP) is 2.03. The van der Waals surface area contributed by atoms with Crippen molar-refractivity contribution in [2.45, 2.75) is 75.4 Å². The third-order valence-electron chi connectivity index (χ3n) is 6.52. The maximum absolute atomic E-state index is 13.0. The number of nitrogens with zero attached hydrogens (tertiary/aromatic N) is 1. The average Bonchev–Trinajstić information content (AvgIpc) is 3.01. The molecule has 4 atom stereocenters. The Bertz CT molecular complexity index is 702. The summed E-state index contributed by atoms with van der Waals surface area (Å²) in [5, 5.41) is 2.13. The Morgan fingerprint density at radius 2 is 1.90 bits per heavy atom. The lowest BCUT2D eigenvalue weighted by Gasteiger charge is -2.41. The van der Waals surface area contributed by atoms with Gasteiger partial charge in [-0.05, 0) is 50.9 Å². The van der Waals surface area contributed by atoms with Crippen LogP contribution in [0.3, 0.4) is 0 Å². The van der Waals surface area contributed by atoms with Crippen molar-refractivity contribution in [3.8, 4) is 12.3 Å². The molecule has 0 aromatic carbocycles. The van der Waals surface area contributed by atoms with Crippen molar-refractivity contribution in [2.75, 3.05) is 19.4 Å². The molecule has 0 amide bonds. The van der Waals surface area contributed by atoms with E-state index >= 15 is 0 Å². The minimum Gasteiger partial charge on any atom is -0.366 e. The molecule has 166 valence electrons. The Morgan fingerprint density at radius 3 is 2.48 bits per heavy atom. The van der Waals surface area contributed by atoms with Gasteiger partial charge in [0.05, 0.1) is 18.3 Å². The van der Waals surface area contributed by atoms with Gasteiger partial charge in [0, 0.05) is 24.7 Å². The standard InChI is InChI=1S/C19H30F3N3O3S/c1-3-10-28-15-8-9-18-16(11-15)17(12-23-29(2,26)27)24-25(18)14-6-4-13(5-7-14)19(20,21)22/h1,13-18,23-24H,4-12H2,2H3. The summed E-state index contributed by atoms with van der Waals surface area (Å²) in [5.74, 6) is 1.41. The molecule has 3 fully saturated rings. The van der Waals surface area contributed by atoms with E-state index in [0.717, 1.165) is 25.5 Å². The van der Waals surface area contributed by atoms with Gasteiger partial charge in [-0.3, -0.25) is 0 Å². The normalized spacial score (nSPS) is 36.5. The molecule has 2 N–H and O–H groups in total. The zero-order valence-electron chi connectivity index (χ0n) is 16.6. The van der Waals surface area contributed by atoms with Crippen LogP contribution in [0.4, 0.5) is 13.2 Å². The summed E-state index contributed by atoms with van der Waals surface area (Å²) in [4.78, 5) is 0. The highest BCUT2D eigenvalue weighted by Gasteiger charge is 2.49. The molecule has 3 aliphatic rings. The van der Waals surface area contributed by atoms with Crippen LogP contribution in [0.15, 0.2) is 0 Å². The summed E-state index contributed by atoms with van der Waals surface area (Å²) in [7, 11) is -3.33. The van der Waals surface area contributed by atoms with Crippen molar-refractivity contribution in [3.63, 3.8) is 0 Å². The van der Waals surface area contributed by atoms with Gasteiger partial charge in [0.25, 0.3) is 0 Å². The fourth-order valence-electron chi connectivity index (χ4n) is 5.12. The zero-order chi connectivity index (χ0) is 21.2. The fourth-order valence-corrected chi connectivity index (χ4v) is 5.61. The molecule has 2 saturated carbocycles. The summed E-state index contributed by atoms with van der Waals surface area (Å²) in [6, 6.07) is 0.0827. The predicted molar refractivity (Wildman–Crippen MR) is 103 cm³/mol. The second-order valence-electron chi connectivity index (χ2n) is 8.49. The molecule has 3 rings (SSSR count). The first kappa shape index (κ1) is 22.8. The van der Waals surface area contributed by atoms with E-state index in [9.17, 15) is 21.6 Å². The van der Waals surface area contributed by atoms with Gasteiger partial charge in [-0.2, -0.15) is 13.2 Å². The van der Waals surface area contributed by atoms with Gasteiger partial charge in [-0.25, -0.2) is 23.6 Å². The first-order chi connectivity index (χ1) is 13.6. The van der Waals surface area contributed by atoms with E-state index in [2.05, 4.69) is 21.1 Å². The van der Waals surface area contributed by atoms with Crippen molar-refractivity contribution < 1.29 is 26.3 Å². The lowest BCUT2D eigenvalue weighted by Crippen LogP contribution is -2.50. The SMILES string of the molecule is C#CCOC1CCC2C(C1)C(CNS(C)(=O)=O)NN2C1CCC(C(F)(F)F)CC1. The number of fused-ring (bicyclic) bond motifs is 1. The molecular weight excluding hydrogens is 407 g/mol. The Labute approximate surface area is 170 Å². The summed E-state index contributed by atoms with van der Waals surface area (Å²) >= 11 is 0. The summed E-state index contributed by atoms with van der Waals surface area (Å²) < 4.78 is 70.4. The minimum atomic E-state index is -4.12. The molecule has 0 radical (unpaired) electrons. The maximum atomic E-state index is 13.0. The fraction of sp³-hybridized carbons (Fsp3) is 0.895. The summed E-state index contributed by atoms with van der Waals surface area (Å²) in [6.07, 6.45) is 6.01. The molecule has 0 aromatic heterocycles. The van der Waals surface area contributed by atoms with E-state index in [1.807, 2.05) is 0 Å². The van der Waals surface area contributed by atoms with Crippen molar-refractivity contribution in [2.24, 2.45) is 11.8 Å². The Kier molecular flexibility index (Phi) is 7.16. The highest BCUT2D eigenvalue weighted by molar-refractivity contribution is 7.88. The van der Waals surface area contributed by atoms with Crippen LogP contribution in [0, 0.1) is 24.2 Å². The van der Waals surface area contributed by atoms with Crippen LogP contribution in [-0.2, 0) is 14.8 Å². The number of nitrogens with one attached hydrogen (secondary N) is 2. The van der Waals surface area contributed by atoms with Gasteiger partial charge in [0.15, 0.2) is 0 Å². The second-order valence-corrected chi connectivity index (χ2v) is 10.3. The highest BCUT2D eigenvalue weighted by Crippen LogP contribution is 2.43. The van der Waals surface area contributed by atoms with Gasteiger partial charge in [0.1, 0.15) is 6.61 Å². The smallest absolute Gasteiger partial charge is 0.366 e. The molecule has 2 aliphatic carbocycles. The molecule has 4 unspecified atom stereocenters. The largest absolute Gasteiger partial charge is 0.391 e. The number of rotatable bonds is 6. The number of hydrazine groups is 1. The van der Waals surface area contributed by atoms with E-state index in [-0.39, 0.29) is 56.1 Å². The van der Waals surface area contributed by atoms with Crippen LogP contribution in [0.25, 0.3) is 0 Å². The van der Waals surface area contributed by atoms with E-state index in [1.165, 1.54) is 0 Å². The molecule has 1 heterocycles. The average molecular weight is 438 g/mol. The van der Waals surface area contributed by atoms with Crippen LogP contribution >= 0.6 is 0 Å². The number of sulfonamides is 1. The van der Waals surface area contributed by atoms with Crippen LogP contribution in [0.1, 0.15) is 44.9 Å². The third kappa shape index (κ3) is 5.85. The van der Waals surface area contributed by atoms with Crippen molar-refractivity contribution in [1.82, 2.24) is 15.2 Å². The minimum absolute atomic E-state index is 0.0238. The third-order valence-corrected chi connectivity index (χ3v) is 7.21. The molecule has 1 saturated heterocycles. The molecule has 1 aliphatic heterocycles. The van der Waals surface area contributed by atoms with E-state index in [1.54, 1.807) is 0 Å². The first-order valence-corrected chi connectivity index (χ1v) is 12.1. The molecule has 0 spiro atoms. The van der Waals surface area contributed by atoms with Gasteiger partial charge in [-0.15, -0.1) is 6.42 Å². The molecule has 6 nitrogen and oxygen atoms in total. The lowest BCUT2D eigenvalue weighted by atomic mass is 9.78. The molecule has 0 aromatic rings. The Balaban J connectivity index is 1.67. The van der Waals surface area contributed by atoms with Gasteiger partial charge >= 0.3 is 6.18 Å². The van der Waals surface area contributed by atoms with Crippen LogP contribution in [-0.4, -0.2) is 63.2 Å². The van der Waals surface area contributed by atoms with E-state index in [4.69, 9.17) is 11.2 Å². The maximum Gasteiger partial charge on any atom is 0.391 e. The first-order valence-electron chi connectivity index (χ1n) is 10.2. The second kappa shape index (κ2) is 9.10. The Morgan fingerprint density at radius 1 is 1.21 bits per heavy atom. The highest BCUT2D eigenvalue weighted by atomic mass is 32.2. The van der Waals surface area contributed by atoms with Crippen LogP contribution < -0.4 is 10.1 Å². The van der Waals surface area contributed by atoms with Gasteiger partial charge in [-0.1, -0.05) is 5.92 Å². The van der Waals surface area contributed by atoms with Crippen molar-refractivity contribution in [3.05, 3.63) is 0 Å². The number of ether oxygens (including phenoxy) is 1. The van der Waals surface area contributed by atoms with Crippen LogP contribution in [0.2, 0.25) is 0 Å². The number of hydrogen-bond acceptors (Lipinski definition) is 5. The molecular formula is C19H30F3N3O3S. The van der Waals surface area contributed by atoms with E-state index in [0.29, 0.717) is 12.8 Å². The number of hydrogen-bond donors (Lipinski definition) is 2. The zero-order valence-corrected chi connectivity index (χ0v) is 17.4. The molecule has 29 heavy (non-hydrogen) atoms. The van der Waals surface area contributed by atoms with E-state index < -0.39 is 22.1 Å².